The van der Waals surface area contributed by atoms with Gasteiger partial charge in [0.1, 0.15) is 12.7 Å². The van der Waals surface area contributed by atoms with Crippen molar-refractivity contribution in [3.8, 4) is 0 Å². The lowest BCUT2D eigenvalue weighted by Gasteiger charge is -2.27. The van der Waals surface area contributed by atoms with E-state index in [-0.39, 0.29) is 56.3 Å². The Kier molecular flexibility index (Phi) is 13.0. The number of imide groups is 1. The molecule has 12 nitrogen and oxygen atoms in total. The molecule has 2 atom stereocenters. The minimum absolute atomic E-state index is 0. The third-order valence-corrected chi connectivity index (χ3v) is 8.41. The fourth-order valence-electron chi connectivity index (χ4n) is 4.66. The third kappa shape index (κ3) is 8.91. The predicted molar refractivity (Wildman–Crippen MR) is 170 cm³/mol. The van der Waals surface area contributed by atoms with Crippen LogP contribution in [0.1, 0.15) is 42.8 Å². The van der Waals surface area contributed by atoms with E-state index >= 15 is 0 Å². The van der Waals surface area contributed by atoms with Crippen molar-refractivity contribution >= 4 is 76.4 Å². The highest BCUT2D eigenvalue weighted by Gasteiger charge is 2.36. The SMILES string of the molecule is CC(C)C(N)C(=O)NCCCCC(=O)N(C[C@H]1CN(c2ccc(N3CCOCC3=O)cc2)C(=O)O1)C(=O)c1ccc(Cl)s1.Cl. The van der Waals surface area contributed by atoms with Crippen LogP contribution in [0.25, 0.3) is 0 Å². The van der Waals surface area contributed by atoms with Gasteiger partial charge in [0, 0.05) is 30.9 Å². The van der Waals surface area contributed by atoms with Gasteiger partial charge in [-0.25, -0.2) is 4.79 Å². The van der Waals surface area contributed by atoms with Gasteiger partial charge in [-0.1, -0.05) is 25.4 Å². The third-order valence-electron chi connectivity index (χ3n) is 7.19. The van der Waals surface area contributed by atoms with Crippen molar-refractivity contribution < 1.29 is 33.4 Å². The molecule has 2 aromatic rings. The summed E-state index contributed by atoms with van der Waals surface area (Å²) < 4.78 is 11.1. The number of halogens is 2. The van der Waals surface area contributed by atoms with Crippen molar-refractivity contribution in [3.05, 3.63) is 45.6 Å². The van der Waals surface area contributed by atoms with Crippen LogP contribution in [0, 0.1) is 5.92 Å². The summed E-state index contributed by atoms with van der Waals surface area (Å²) in [4.78, 5) is 68.0. The Morgan fingerprint density at radius 1 is 1.09 bits per heavy atom. The Balaban J connectivity index is 0.00000529. The summed E-state index contributed by atoms with van der Waals surface area (Å²) in [5.74, 6) is -1.32. The van der Waals surface area contributed by atoms with Crippen molar-refractivity contribution in [3.63, 3.8) is 0 Å². The average molecular weight is 671 g/mol. The second-order valence-corrected chi connectivity index (χ2v) is 12.4. The number of cyclic esters (lactones) is 1. The lowest BCUT2D eigenvalue weighted by molar-refractivity contribution is -0.129. The molecule has 0 radical (unpaired) electrons. The highest BCUT2D eigenvalue weighted by molar-refractivity contribution is 7.18. The van der Waals surface area contributed by atoms with E-state index in [9.17, 15) is 24.0 Å². The van der Waals surface area contributed by atoms with E-state index < -0.39 is 30.1 Å². The normalized spacial score (nSPS) is 17.2. The number of carbonyl (C=O) groups excluding carboxylic acids is 5. The molecule has 1 aromatic heterocycles. The predicted octanol–water partition coefficient (Wildman–Crippen LogP) is 3.45. The van der Waals surface area contributed by atoms with Gasteiger partial charge in [-0.05, 0) is 55.2 Å². The summed E-state index contributed by atoms with van der Waals surface area (Å²) in [5.41, 5.74) is 7.11. The monoisotopic (exact) mass is 669 g/mol. The van der Waals surface area contributed by atoms with Crippen LogP contribution in [0.2, 0.25) is 4.34 Å². The Hall–Kier alpha value is -3.23. The molecule has 240 valence electrons. The number of rotatable bonds is 12. The Bertz CT molecular complexity index is 1340. The highest BCUT2D eigenvalue weighted by atomic mass is 35.5. The van der Waals surface area contributed by atoms with E-state index in [1.807, 2.05) is 13.8 Å². The largest absolute Gasteiger partial charge is 0.442 e. The molecule has 0 saturated carbocycles. The molecular weight excluding hydrogens is 633 g/mol. The standard InChI is InChI=1S/C29H36ClN5O7S.ClH/c1-18(2)26(31)27(38)32-12-4-3-5-24(36)35(28(39)22-10-11-23(30)43-22)16-21-15-34(29(40)42-21)20-8-6-19(7-9-20)33-13-14-41-17-25(33)37;/h6-11,18,21,26H,3-5,12-17,31H2,1-2H3,(H,32,38);1H/t21-,26?;/m1./s1. The maximum Gasteiger partial charge on any atom is 0.414 e. The molecule has 3 heterocycles. The van der Waals surface area contributed by atoms with Gasteiger partial charge in [0.15, 0.2) is 0 Å². The zero-order valence-electron chi connectivity index (χ0n) is 24.5. The number of hydrogen-bond donors (Lipinski definition) is 2. The fourth-order valence-corrected chi connectivity index (χ4v) is 5.66. The zero-order valence-corrected chi connectivity index (χ0v) is 26.9. The van der Waals surface area contributed by atoms with Crippen molar-refractivity contribution in [1.29, 1.82) is 0 Å². The first-order valence-corrected chi connectivity index (χ1v) is 15.3. The molecule has 44 heavy (non-hydrogen) atoms. The summed E-state index contributed by atoms with van der Waals surface area (Å²) >= 11 is 7.09. The number of anilines is 2. The number of amides is 5. The van der Waals surface area contributed by atoms with Gasteiger partial charge >= 0.3 is 6.09 Å². The Morgan fingerprint density at radius 3 is 2.39 bits per heavy atom. The van der Waals surface area contributed by atoms with Crippen LogP contribution < -0.4 is 20.9 Å². The topological polar surface area (TPSA) is 152 Å². The minimum Gasteiger partial charge on any atom is -0.442 e. The minimum atomic E-state index is -0.756. The molecule has 2 fully saturated rings. The van der Waals surface area contributed by atoms with Gasteiger partial charge in [0.2, 0.25) is 11.8 Å². The number of nitrogens with two attached hydrogens (primary N) is 1. The van der Waals surface area contributed by atoms with Crippen molar-refractivity contribution in [2.24, 2.45) is 11.7 Å². The molecule has 1 aromatic carbocycles. The summed E-state index contributed by atoms with van der Waals surface area (Å²) in [6, 6.07) is 9.46. The summed E-state index contributed by atoms with van der Waals surface area (Å²) in [6.07, 6.45) is -0.349. The number of thiophene rings is 1. The summed E-state index contributed by atoms with van der Waals surface area (Å²) in [7, 11) is 0. The second kappa shape index (κ2) is 16.2. The lowest BCUT2D eigenvalue weighted by Crippen LogP contribution is -2.44. The smallest absolute Gasteiger partial charge is 0.414 e. The number of nitrogens with zero attached hydrogens (tertiary/aromatic N) is 3. The quantitative estimate of drug-likeness (QED) is 0.326. The van der Waals surface area contributed by atoms with E-state index in [2.05, 4.69) is 5.32 Å². The Labute approximate surface area is 271 Å². The van der Waals surface area contributed by atoms with E-state index in [4.69, 9.17) is 26.8 Å². The van der Waals surface area contributed by atoms with E-state index in [0.717, 1.165) is 16.2 Å². The molecule has 4 rings (SSSR count). The van der Waals surface area contributed by atoms with Crippen LogP contribution in [-0.2, 0) is 23.9 Å². The van der Waals surface area contributed by atoms with Crippen LogP contribution in [0.4, 0.5) is 16.2 Å². The van der Waals surface area contributed by atoms with Crippen molar-refractivity contribution in [2.75, 3.05) is 49.2 Å². The van der Waals surface area contributed by atoms with E-state index in [1.54, 1.807) is 41.3 Å². The Morgan fingerprint density at radius 2 is 1.77 bits per heavy atom. The number of unbranched alkanes of at least 4 members (excludes halogenated alkanes) is 1. The molecule has 0 aliphatic carbocycles. The van der Waals surface area contributed by atoms with Gasteiger partial charge in [0.25, 0.3) is 11.8 Å². The molecule has 15 heteroatoms. The first kappa shape index (κ1) is 35.3. The molecule has 2 aliphatic heterocycles. The van der Waals surface area contributed by atoms with Gasteiger partial charge < -0.3 is 25.4 Å². The van der Waals surface area contributed by atoms with Crippen molar-refractivity contribution in [1.82, 2.24) is 10.2 Å². The molecule has 1 unspecified atom stereocenters. The van der Waals surface area contributed by atoms with Gasteiger partial charge in [-0.2, -0.15) is 0 Å². The van der Waals surface area contributed by atoms with Crippen LogP contribution in [0.3, 0.4) is 0 Å². The van der Waals surface area contributed by atoms with Crippen LogP contribution in [-0.4, -0.2) is 86.2 Å². The number of hydrogen-bond acceptors (Lipinski definition) is 9. The maximum atomic E-state index is 13.3. The van der Waals surface area contributed by atoms with E-state index in [0.29, 0.717) is 53.1 Å². The van der Waals surface area contributed by atoms with Gasteiger partial charge in [-0.3, -0.25) is 29.0 Å². The molecule has 0 spiro atoms. The molecule has 2 saturated heterocycles. The summed E-state index contributed by atoms with van der Waals surface area (Å²) in [6.45, 7) is 4.99. The first-order chi connectivity index (χ1) is 20.5. The van der Waals surface area contributed by atoms with Crippen LogP contribution in [0.5, 0.6) is 0 Å². The molecule has 0 bridgehead atoms. The van der Waals surface area contributed by atoms with Crippen LogP contribution in [0.15, 0.2) is 36.4 Å². The number of ether oxygens (including phenoxy) is 2. The number of carbonyl (C=O) groups is 5. The molecule has 5 amide bonds. The maximum absolute atomic E-state index is 13.3. The number of nitrogens with one attached hydrogen (secondary N) is 1. The highest BCUT2D eigenvalue weighted by Crippen LogP contribution is 2.27. The lowest BCUT2D eigenvalue weighted by atomic mass is 10.1. The van der Waals surface area contributed by atoms with Gasteiger partial charge in [-0.15, -0.1) is 23.7 Å². The second-order valence-electron chi connectivity index (χ2n) is 10.7. The molecule has 3 N–H and O–H groups in total. The fraction of sp³-hybridized carbons (Fsp3) is 0.483. The average Bonchev–Trinajstić information content (AvgIpc) is 3.59. The number of morpholine rings is 1. The number of benzene rings is 1. The van der Waals surface area contributed by atoms with Crippen molar-refractivity contribution in [2.45, 2.75) is 45.3 Å². The zero-order chi connectivity index (χ0) is 31.1. The molecule has 2 aliphatic rings. The first-order valence-electron chi connectivity index (χ1n) is 14.1. The molecular formula is C29H37Cl2N5O7S. The van der Waals surface area contributed by atoms with Gasteiger partial charge in [0.05, 0.1) is 35.0 Å². The summed E-state index contributed by atoms with van der Waals surface area (Å²) in [5, 5.41) is 2.77. The van der Waals surface area contributed by atoms with Crippen LogP contribution >= 0.6 is 35.3 Å². The van der Waals surface area contributed by atoms with E-state index in [1.165, 1.54) is 4.90 Å².